The van der Waals surface area contributed by atoms with E-state index < -0.39 is 0 Å². The van der Waals surface area contributed by atoms with Gasteiger partial charge in [0.25, 0.3) is 0 Å². The molecule has 0 amide bonds. The predicted molar refractivity (Wildman–Crippen MR) is 112 cm³/mol. The third-order valence-corrected chi connectivity index (χ3v) is 5.98. The van der Waals surface area contributed by atoms with Gasteiger partial charge in [0, 0.05) is 50.7 Å². The van der Waals surface area contributed by atoms with Crippen LogP contribution in [0.25, 0.3) is 0 Å². The van der Waals surface area contributed by atoms with Gasteiger partial charge in [-0.3, -0.25) is 4.79 Å². The van der Waals surface area contributed by atoms with E-state index in [1.165, 1.54) is 22.5 Å². The lowest BCUT2D eigenvalue weighted by molar-refractivity contribution is -0.748. The number of hydrogen-bond acceptors (Lipinski definition) is 3. The molecule has 0 aromatic heterocycles. The average Bonchev–Trinajstić information content (AvgIpc) is 2.66. The van der Waals surface area contributed by atoms with Crippen LogP contribution < -0.4 is 15.1 Å². The molecular weight excluding hydrogens is 334 g/mol. The maximum absolute atomic E-state index is 13.0. The monoisotopic (exact) mass is 366 g/mol. The molecule has 0 unspecified atom stereocenters. The highest BCUT2D eigenvalue weighted by molar-refractivity contribution is 5.84. The van der Waals surface area contributed by atoms with Gasteiger partial charge in [0.2, 0.25) is 0 Å². The Labute approximate surface area is 163 Å². The van der Waals surface area contributed by atoms with E-state index in [-0.39, 0.29) is 23.9 Å². The van der Waals surface area contributed by atoms with Crippen LogP contribution in [0.2, 0.25) is 0 Å². The van der Waals surface area contributed by atoms with Crippen molar-refractivity contribution in [3.8, 4) is 0 Å². The van der Waals surface area contributed by atoms with Gasteiger partial charge in [-0.15, -0.1) is 0 Å². The fraction of sp³-hybridized carbons (Fsp3) is 0.435. The first kappa shape index (κ1) is 19.4. The first-order chi connectivity index (χ1) is 12.8. The van der Waals surface area contributed by atoms with Crippen molar-refractivity contribution in [1.82, 2.24) is 0 Å². The van der Waals surface area contributed by atoms with Crippen molar-refractivity contribution in [2.75, 3.05) is 38.0 Å². The zero-order valence-corrected chi connectivity index (χ0v) is 17.3. The molecule has 1 aliphatic heterocycles. The third kappa shape index (κ3) is 3.86. The molecule has 2 aromatic carbocycles. The highest BCUT2D eigenvalue weighted by Crippen LogP contribution is 2.33. The summed E-state index contributed by atoms with van der Waals surface area (Å²) < 4.78 is 0. The van der Waals surface area contributed by atoms with E-state index >= 15 is 0 Å². The van der Waals surface area contributed by atoms with Gasteiger partial charge in [-0.1, -0.05) is 24.3 Å². The fourth-order valence-corrected chi connectivity index (χ4v) is 4.11. The van der Waals surface area contributed by atoms with Gasteiger partial charge in [-0.2, -0.15) is 0 Å². The molecule has 4 heteroatoms. The number of ketones is 1. The van der Waals surface area contributed by atoms with Crippen molar-refractivity contribution in [1.29, 1.82) is 0 Å². The summed E-state index contributed by atoms with van der Waals surface area (Å²) in [5.41, 5.74) is 4.81. The van der Waals surface area contributed by atoms with Gasteiger partial charge in [0.15, 0.2) is 5.78 Å². The third-order valence-electron chi connectivity index (χ3n) is 5.98. The Morgan fingerprint density at radius 3 is 1.30 bits per heavy atom. The zero-order chi connectivity index (χ0) is 19.7. The minimum absolute atomic E-state index is 0.0162. The summed E-state index contributed by atoms with van der Waals surface area (Å²) in [6, 6.07) is 17.5. The molecule has 0 aliphatic carbocycles. The molecule has 1 aliphatic rings. The van der Waals surface area contributed by atoms with E-state index in [0.717, 1.165) is 0 Å². The molecule has 1 fully saturated rings. The minimum Gasteiger partial charge on any atom is -0.378 e. The van der Waals surface area contributed by atoms with E-state index in [4.69, 9.17) is 0 Å². The molecule has 3 rings (SSSR count). The molecule has 1 saturated heterocycles. The van der Waals surface area contributed by atoms with Crippen LogP contribution in [0.1, 0.15) is 37.1 Å². The van der Waals surface area contributed by atoms with Crippen molar-refractivity contribution in [2.24, 2.45) is 11.8 Å². The molecular formula is C23H32N3O+. The van der Waals surface area contributed by atoms with Crippen molar-refractivity contribution in [3.63, 3.8) is 0 Å². The molecule has 2 N–H and O–H groups in total. The number of nitrogens with two attached hydrogens (primary N) is 1. The van der Waals surface area contributed by atoms with Gasteiger partial charge in [-0.05, 0) is 38.1 Å². The van der Waals surface area contributed by atoms with Crippen LogP contribution in [-0.2, 0) is 4.79 Å². The summed E-state index contributed by atoms with van der Waals surface area (Å²) in [6.45, 7) is 4.15. The minimum atomic E-state index is 0.0162. The van der Waals surface area contributed by atoms with Crippen LogP contribution in [0.5, 0.6) is 0 Å². The number of nitrogens with zero attached hydrogens (tertiary/aromatic N) is 2. The van der Waals surface area contributed by atoms with Crippen LogP contribution >= 0.6 is 0 Å². The number of carbonyl (C=O) groups excluding carboxylic acids is 1. The summed E-state index contributed by atoms with van der Waals surface area (Å²) in [5.74, 6) is 0.394. The second kappa shape index (κ2) is 7.73. The van der Waals surface area contributed by atoms with Crippen molar-refractivity contribution < 1.29 is 10.1 Å². The quantitative estimate of drug-likeness (QED) is 0.904. The summed E-state index contributed by atoms with van der Waals surface area (Å²) in [7, 11) is 8.18. The standard InChI is InChI=1S/C23H31N3O/c1-15-21(17-7-11-19(12-8-17)25(3)4)24-22(16(2)23(15)27)18-9-13-20(14-10-18)26(5)6/h7-16,21-22,24H,1-6H3/p+1/t15-,16-,21-,22+/m0/s1. The number of anilines is 2. The molecule has 0 bridgehead atoms. The van der Waals surface area contributed by atoms with E-state index in [1.54, 1.807) is 0 Å². The number of carbonyl (C=O) groups is 1. The molecule has 27 heavy (non-hydrogen) atoms. The van der Waals surface area contributed by atoms with Gasteiger partial charge in [-0.25, -0.2) is 0 Å². The first-order valence-corrected chi connectivity index (χ1v) is 9.73. The smallest absolute Gasteiger partial charge is 0.151 e. The number of quaternary nitrogens is 1. The average molecular weight is 367 g/mol. The van der Waals surface area contributed by atoms with E-state index in [0.29, 0.717) is 5.78 Å². The van der Waals surface area contributed by atoms with Crippen LogP contribution in [0.4, 0.5) is 11.4 Å². The Morgan fingerprint density at radius 2 is 1.00 bits per heavy atom. The Hall–Kier alpha value is -2.33. The number of piperidine rings is 1. The van der Waals surface area contributed by atoms with Crippen molar-refractivity contribution in [3.05, 3.63) is 59.7 Å². The zero-order valence-electron chi connectivity index (χ0n) is 17.3. The molecule has 0 radical (unpaired) electrons. The number of benzene rings is 2. The predicted octanol–water partition coefficient (Wildman–Crippen LogP) is 3.02. The summed E-state index contributed by atoms with van der Waals surface area (Å²) in [5, 5.41) is 2.39. The maximum atomic E-state index is 13.0. The van der Waals surface area contributed by atoms with E-state index in [2.05, 4.69) is 77.5 Å². The molecule has 0 spiro atoms. The lowest BCUT2D eigenvalue weighted by Gasteiger charge is -2.36. The summed E-state index contributed by atoms with van der Waals surface area (Å²) in [6.07, 6.45) is 0. The Balaban J connectivity index is 1.89. The van der Waals surface area contributed by atoms with Gasteiger partial charge < -0.3 is 15.1 Å². The Kier molecular flexibility index (Phi) is 5.56. The van der Waals surface area contributed by atoms with Gasteiger partial charge >= 0.3 is 0 Å². The fourth-order valence-electron chi connectivity index (χ4n) is 4.11. The molecule has 1 heterocycles. The van der Waals surface area contributed by atoms with Crippen LogP contribution in [0, 0.1) is 11.8 Å². The SMILES string of the molecule is C[C@@H]1C(=O)[C@@H](C)[C@H](c2ccc(N(C)C)cc2)[NH2+][C@@H]1c1ccc(N(C)C)cc1. The first-order valence-electron chi connectivity index (χ1n) is 9.73. The maximum Gasteiger partial charge on any atom is 0.151 e. The molecule has 4 atom stereocenters. The lowest BCUT2D eigenvalue weighted by Crippen LogP contribution is -2.91. The molecule has 2 aromatic rings. The number of Topliss-reactive ketones (excluding diaryl/α,β-unsaturated/α-hetero) is 1. The largest absolute Gasteiger partial charge is 0.378 e. The second-order valence-corrected chi connectivity index (χ2v) is 8.20. The van der Waals surface area contributed by atoms with Crippen LogP contribution in [0.3, 0.4) is 0 Å². The topological polar surface area (TPSA) is 40.2 Å². The summed E-state index contributed by atoms with van der Waals surface area (Å²) in [4.78, 5) is 17.2. The highest BCUT2D eigenvalue weighted by Gasteiger charge is 2.43. The van der Waals surface area contributed by atoms with Crippen molar-refractivity contribution in [2.45, 2.75) is 25.9 Å². The second-order valence-electron chi connectivity index (χ2n) is 8.20. The highest BCUT2D eigenvalue weighted by atomic mass is 16.1. The Morgan fingerprint density at radius 1 is 0.667 bits per heavy atom. The van der Waals surface area contributed by atoms with Gasteiger partial charge in [0.05, 0.1) is 11.8 Å². The van der Waals surface area contributed by atoms with E-state index in [1.807, 2.05) is 28.2 Å². The van der Waals surface area contributed by atoms with Gasteiger partial charge in [0.1, 0.15) is 12.1 Å². The molecule has 4 nitrogen and oxygen atoms in total. The lowest BCUT2D eigenvalue weighted by atomic mass is 9.76. The number of hydrogen-bond donors (Lipinski definition) is 1. The van der Waals surface area contributed by atoms with Crippen LogP contribution in [0.15, 0.2) is 48.5 Å². The summed E-state index contributed by atoms with van der Waals surface area (Å²) >= 11 is 0. The number of rotatable bonds is 4. The Bertz CT molecular complexity index is 715. The van der Waals surface area contributed by atoms with Crippen molar-refractivity contribution >= 4 is 17.2 Å². The van der Waals surface area contributed by atoms with Crippen LogP contribution in [-0.4, -0.2) is 34.0 Å². The molecule has 144 valence electrons. The molecule has 0 saturated carbocycles. The van der Waals surface area contributed by atoms with E-state index in [9.17, 15) is 4.79 Å². The normalized spacial score (nSPS) is 25.3.